The van der Waals surface area contributed by atoms with Gasteiger partial charge >= 0.3 is 0 Å². The maximum absolute atomic E-state index is 8.48. The van der Waals surface area contributed by atoms with E-state index in [1.165, 1.54) is 6.21 Å². The van der Waals surface area contributed by atoms with E-state index in [2.05, 4.69) is 23.9 Å². The van der Waals surface area contributed by atoms with Crippen LogP contribution < -0.4 is 0 Å². The number of nitrogens with zero attached hydrogens (tertiary/aromatic N) is 1. The Morgan fingerprint density at radius 3 is 2.93 bits per heavy atom. The van der Waals surface area contributed by atoms with Crippen LogP contribution in [0.2, 0.25) is 0 Å². The Morgan fingerprint density at radius 1 is 1.40 bits per heavy atom. The van der Waals surface area contributed by atoms with Gasteiger partial charge < -0.3 is 5.21 Å². The molecule has 15 heavy (non-hydrogen) atoms. The Kier molecular flexibility index (Phi) is 5.03. The Balaban J connectivity index is 2.77. The quantitative estimate of drug-likeness (QED) is 0.263. The zero-order chi connectivity index (χ0) is 10.9. The van der Waals surface area contributed by atoms with Crippen LogP contribution in [0, 0.1) is 11.8 Å². The molecule has 0 aliphatic heterocycles. The topological polar surface area (TPSA) is 32.6 Å². The third-order valence-corrected chi connectivity index (χ3v) is 2.04. The summed E-state index contributed by atoms with van der Waals surface area (Å²) in [7, 11) is 0. The highest BCUT2D eigenvalue weighted by Gasteiger charge is 1.94. The van der Waals surface area contributed by atoms with Crippen molar-refractivity contribution < 1.29 is 5.21 Å². The number of oxime groups is 1. The summed E-state index contributed by atoms with van der Waals surface area (Å²) in [4.78, 5) is 0. The van der Waals surface area contributed by atoms with Crippen LogP contribution in [0.25, 0.3) is 0 Å². The van der Waals surface area contributed by atoms with Gasteiger partial charge in [-0.05, 0) is 12.5 Å². The third kappa shape index (κ3) is 3.86. The first kappa shape index (κ1) is 11.3. The molecule has 0 aliphatic carbocycles. The van der Waals surface area contributed by atoms with Crippen LogP contribution in [0.15, 0.2) is 29.4 Å². The predicted octanol–water partition coefficient (Wildman–Crippen LogP) is 3.04. The lowest BCUT2D eigenvalue weighted by Gasteiger charge is -1.95. The van der Waals surface area contributed by atoms with Crippen LogP contribution in [0.1, 0.15) is 37.3 Å². The van der Waals surface area contributed by atoms with Crippen molar-refractivity contribution in [3.63, 3.8) is 0 Å². The first-order valence-electron chi connectivity index (χ1n) is 5.13. The summed E-state index contributed by atoms with van der Waals surface area (Å²) in [5.74, 6) is 6.19. The minimum atomic E-state index is 0.851. The first-order chi connectivity index (χ1) is 7.38. The zero-order valence-electron chi connectivity index (χ0n) is 8.90. The Labute approximate surface area is 90.6 Å². The van der Waals surface area contributed by atoms with Gasteiger partial charge in [0.25, 0.3) is 0 Å². The second-order valence-electron chi connectivity index (χ2n) is 3.24. The van der Waals surface area contributed by atoms with Gasteiger partial charge in [0.05, 0.1) is 6.21 Å². The maximum Gasteiger partial charge on any atom is 0.0746 e. The fourth-order valence-corrected chi connectivity index (χ4v) is 1.21. The van der Waals surface area contributed by atoms with Crippen molar-refractivity contribution in [3.8, 4) is 11.8 Å². The number of hydrogen-bond acceptors (Lipinski definition) is 2. The Hall–Kier alpha value is -1.75. The molecule has 1 rings (SSSR count). The monoisotopic (exact) mass is 201 g/mol. The molecule has 0 heterocycles. The normalized spacial score (nSPS) is 9.93. The van der Waals surface area contributed by atoms with Crippen LogP contribution in [0.3, 0.4) is 0 Å². The van der Waals surface area contributed by atoms with Crippen LogP contribution in [-0.4, -0.2) is 11.4 Å². The molecule has 1 aromatic carbocycles. The van der Waals surface area contributed by atoms with Gasteiger partial charge in [0, 0.05) is 17.5 Å². The zero-order valence-corrected chi connectivity index (χ0v) is 8.90. The Bertz CT molecular complexity index is 385. The molecule has 1 N–H and O–H groups in total. The second-order valence-corrected chi connectivity index (χ2v) is 3.24. The van der Waals surface area contributed by atoms with Gasteiger partial charge in [-0.2, -0.15) is 0 Å². The minimum Gasteiger partial charge on any atom is -0.411 e. The van der Waals surface area contributed by atoms with E-state index in [0.717, 1.165) is 30.4 Å². The molecule has 0 atom stereocenters. The largest absolute Gasteiger partial charge is 0.411 e. The Morgan fingerprint density at radius 2 is 2.20 bits per heavy atom. The van der Waals surface area contributed by atoms with E-state index in [0.29, 0.717) is 0 Å². The van der Waals surface area contributed by atoms with Gasteiger partial charge in [-0.3, -0.25) is 0 Å². The molecule has 0 unspecified atom stereocenters. The summed E-state index contributed by atoms with van der Waals surface area (Å²) < 4.78 is 0. The molecule has 0 saturated heterocycles. The average molecular weight is 201 g/mol. The van der Waals surface area contributed by atoms with Crippen LogP contribution in [0.4, 0.5) is 0 Å². The molecule has 0 aromatic heterocycles. The van der Waals surface area contributed by atoms with Gasteiger partial charge in [-0.25, -0.2) is 0 Å². The number of rotatable bonds is 3. The summed E-state index contributed by atoms with van der Waals surface area (Å²) in [5.41, 5.74) is 1.76. The molecule has 0 fully saturated rings. The second kappa shape index (κ2) is 6.67. The lowest BCUT2D eigenvalue weighted by atomic mass is 10.1. The van der Waals surface area contributed by atoms with E-state index >= 15 is 0 Å². The number of hydrogen-bond donors (Lipinski definition) is 1. The molecule has 78 valence electrons. The van der Waals surface area contributed by atoms with E-state index < -0.39 is 0 Å². The molecule has 0 bridgehead atoms. The SMILES string of the molecule is CCCCC#Cc1ccccc1/C=N/O. The number of unbranched alkanes of at least 4 members (excludes halogenated alkanes) is 2. The predicted molar refractivity (Wildman–Crippen MR) is 62.2 cm³/mol. The first-order valence-corrected chi connectivity index (χ1v) is 5.13. The van der Waals surface area contributed by atoms with Gasteiger partial charge in [0.2, 0.25) is 0 Å². The highest BCUT2D eigenvalue weighted by atomic mass is 16.4. The van der Waals surface area contributed by atoms with Gasteiger partial charge in [-0.15, -0.1) is 0 Å². The summed E-state index contributed by atoms with van der Waals surface area (Å²) >= 11 is 0. The van der Waals surface area contributed by atoms with Gasteiger partial charge in [-0.1, -0.05) is 48.5 Å². The smallest absolute Gasteiger partial charge is 0.0746 e. The van der Waals surface area contributed by atoms with E-state index in [4.69, 9.17) is 5.21 Å². The summed E-state index contributed by atoms with van der Waals surface area (Å²) in [6, 6.07) is 7.63. The van der Waals surface area contributed by atoms with Crippen molar-refractivity contribution in [2.45, 2.75) is 26.2 Å². The molecule has 0 saturated carbocycles. The molecular formula is C13H15NO. The lowest BCUT2D eigenvalue weighted by molar-refractivity contribution is 0.322. The lowest BCUT2D eigenvalue weighted by Crippen LogP contribution is -1.86. The van der Waals surface area contributed by atoms with E-state index in [1.807, 2.05) is 24.3 Å². The molecule has 0 amide bonds. The van der Waals surface area contributed by atoms with Crippen molar-refractivity contribution in [3.05, 3.63) is 35.4 Å². The van der Waals surface area contributed by atoms with E-state index in [1.54, 1.807) is 0 Å². The highest BCUT2D eigenvalue weighted by Crippen LogP contribution is 2.04. The molecule has 0 radical (unpaired) electrons. The molecule has 2 heteroatoms. The van der Waals surface area contributed by atoms with Crippen LogP contribution in [-0.2, 0) is 0 Å². The summed E-state index contributed by atoms with van der Waals surface area (Å²) in [6.07, 6.45) is 4.61. The van der Waals surface area contributed by atoms with Crippen molar-refractivity contribution in [1.29, 1.82) is 0 Å². The molecule has 1 aromatic rings. The van der Waals surface area contributed by atoms with Gasteiger partial charge in [0.1, 0.15) is 0 Å². The molecule has 2 nitrogen and oxygen atoms in total. The minimum absolute atomic E-state index is 0.851. The van der Waals surface area contributed by atoms with Crippen molar-refractivity contribution in [1.82, 2.24) is 0 Å². The van der Waals surface area contributed by atoms with E-state index in [-0.39, 0.29) is 0 Å². The maximum atomic E-state index is 8.48. The van der Waals surface area contributed by atoms with Crippen molar-refractivity contribution in [2.75, 3.05) is 0 Å². The van der Waals surface area contributed by atoms with Gasteiger partial charge in [0.15, 0.2) is 0 Å². The van der Waals surface area contributed by atoms with Crippen molar-refractivity contribution >= 4 is 6.21 Å². The standard InChI is InChI=1S/C13H15NO/c1-2-3-4-5-8-12-9-6-7-10-13(12)11-14-15/h6-7,9-11,15H,2-4H2,1H3/b14-11+. The van der Waals surface area contributed by atoms with Crippen LogP contribution >= 0.6 is 0 Å². The molecule has 0 aliphatic rings. The van der Waals surface area contributed by atoms with Crippen molar-refractivity contribution in [2.24, 2.45) is 5.16 Å². The summed E-state index contributed by atoms with van der Waals surface area (Å²) in [6.45, 7) is 2.15. The molecule has 0 spiro atoms. The third-order valence-electron chi connectivity index (χ3n) is 2.04. The number of benzene rings is 1. The average Bonchev–Trinajstić information content (AvgIpc) is 2.27. The highest BCUT2D eigenvalue weighted by molar-refractivity contribution is 5.82. The fraction of sp³-hybridized carbons (Fsp3) is 0.308. The van der Waals surface area contributed by atoms with E-state index in [9.17, 15) is 0 Å². The van der Waals surface area contributed by atoms with Crippen LogP contribution in [0.5, 0.6) is 0 Å². The summed E-state index contributed by atoms with van der Waals surface area (Å²) in [5, 5.41) is 11.5. The molecular weight excluding hydrogens is 186 g/mol. The fourth-order valence-electron chi connectivity index (χ4n) is 1.21.